The van der Waals surface area contributed by atoms with Gasteiger partial charge in [-0.05, 0) is 311 Å². The molecule has 19 aromatic rings. The lowest BCUT2D eigenvalue weighted by molar-refractivity contribution is 0.550. The van der Waals surface area contributed by atoms with E-state index in [1.807, 2.05) is 111 Å². The van der Waals surface area contributed by atoms with Gasteiger partial charge in [0.2, 0.25) is 0 Å². The molecule has 0 aromatic heterocycles. The van der Waals surface area contributed by atoms with Gasteiger partial charge in [0.05, 0.1) is 0 Å². The van der Waals surface area contributed by atoms with E-state index in [9.17, 15) is 0 Å². The van der Waals surface area contributed by atoms with E-state index >= 15 is 0 Å². The van der Waals surface area contributed by atoms with Gasteiger partial charge in [0.15, 0.2) is 0 Å². The minimum atomic E-state index is 0.0193. The second kappa shape index (κ2) is 50.1. The summed E-state index contributed by atoms with van der Waals surface area (Å²) >= 11 is 0. The summed E-state index contributed by atoms with van der Waals surface area (Å²) in [5.74, 6) is 0. The van der Waals surface area contributed by atoms with Crippen LogP contribution in [0.15, 0.2) is 461 Å². The van der Waals surface area contributed by atoms with Crippen molar-refractivity contribution in [2.24, 2.45) is 0 Å². The minimum absolute atomic E-state index is 0.0193. The van der Waals surface area contributed by atoms with Gasteiger partial charge in [0.25, 0.3) is 0 Å². The molecule has 3 saturated carbocycles. The second-order valence-electron chi connectivity index (χ2n) is 38.1. The van der Waals surface area contributed by atoms with Crippen LogP contribution in [0.1, 0.15) is 243 Å². The normalized spacial score (nSPS) is 13.9. The van der Waals surface area contributed by atoms with Crippen molar-refractivity contribution in [3.8, 4) is 156 Å². The standard InChI is InChI=1S/C41H32.C33H24.2C29H24.8C2H6/c1-5-15-29(16-6-1)33-25-35(31-19-9-3-10-20-31)39-37(27-33)38-28-34(30-17-7-2-8-18-30)26-36(32-21-11-4-12-22-32)40(38)41(39)23-13-14-24-41;1-3-9-23(10-4-1)25-15-17-31-29(19-25)30-20-26(24-11-5-2-6-12-24)16-18-32(30)33(31)21-27-13-7-8-14-28(27)22-33;1-3-11-21(12-4-1)23-15-9-17-25-26-18-10-16-24(22-13-5-2-6-14-22)28(26)29(27(23)25)19-7-8-20-29;1-3-9-21(10-4-1)23-13-15-27-25(19-23)26-20-24(22-11-5-2-6-12-22)14-16-28(26)29(27)17-7-8-18-29;8*1-2/h1-12,15-22,25-28H,13-14,23-24H2;1-20H,21-22H2;1-6,9-18H,7-8,19-20H2;1-6,9-16,19-20H,7-8,17-18H2;8*1-2H3. The fraction of sp³-hybridized carbons (Fsp3) is 0.230. The molecule has 8 aliphatic carbocycles. The molecule has 0 nitrogen and oxygen atoms in total. The zero-order valence-corrected chi connectivity index (χ0v) is 90.8. The first-order valence-electron chi connectivity index (χ1n) is 56.2. The monoisotopic (exact) mass is 1930 g/mol. The molecule has 0 aliphatic heterocycles. The SMILES string of the molecule is CC.CC.CC.CC.CC.CC.CC.CC.c1ccc(-c2cc(-c3ccccc3)c3c(c2)-c2cc(-c4ccccc4)cc(-c4ccccc4)c2C32CCCC2)cc1.c1ccc(-c2ccc3c(c2)-c2cc(-c4ccccc4)ccc2C32CCCC2)cc1.c1ccc(-c2ccc3c(c2)-c2cc(-c4ccccc4)ccc2C32Cc3ccccc3C2)cc1.c1ccc(-c2cccc3c2C2(CCCC2)c2c(-c4ccccc4)cccc2-3)cc1. The third-order valence-electron chi connectivity index (χ3n) is 31.1. The molecule has 0 N–H and O–H groups in total. The first-order valence-corrected chi connectivity index (χ1v) is 56.2. The Kier molecular flexibility index (Phi) is 35.8. The molecule has 19 aromatic carbocycles. The van der Waals surface area contributed by atoms with Crippen molar-refractivity contribution in [3.05, 3.63) is 517 Å². The van der Waals surface area contributed by atoms with Gasteiger partial charge in [-0.1, -0.05) is 562 Å². The predicted molar refractivity (Wildman–Crippen MR) is 645 cm³/mol. The van der Waals surface area contributed by atoms with Crippen LogP contribution in [-0.4, -0.2) is 0 Å². The van der Waals surface area contributed by atoms with Crippen LogP contribution in [0, 0.1) is 0 Å². The molecule has 0 bridgehead atoms. The van der Waals surface area contributed by atoms with Gasteiger partial charge in [0.1, 0.15) is 0 Å². The lowest BCUT2D eigenvalue weighted by Gasteiger charge is -2.31. The smallest absolute Gasteiger partial charge is 0.0295 e. The average molecular weight is 1930 g/mol. The summed E-state index contributed by atoms with van der Waals surface area (Å²) in [5, 5.41) is 0. The van der Waals surface area contributed by atoms with Crippen molar-refractivity contribution in [1.82, 2.24) is 0 Å². The zero-order valence-electron chi connectivity index (χ0n) is 90.8. The van der Waals surface area contributed by atoms with Crippen molar-refractivity contribution >= 4 is 0 Å². The van der Waals surface area contributed by atoms with E-state index in [0.717, 1.165) is 12.8 Å². The maximum Gasteiger partial charge on any atom is 0.0295 e. The highest BCUT2D eigenvalue weighted by molar-refractivity contribution is 6.00. The van der Waals surface area contributed by atoms with Crippen LogP contribution in [0.2, 0.25) is 0 Å². The highest BCUT2D eigenvalue weighted by Crippen LogP contribution is 2.66. The maximum atomic E-state index is 2.49. The predicted octanol–water partition coefficient (Wildman–Crippen LogP) is 43.2. The van der Waals surface area contributed by atoms with E-state index in [2.05, 4.69) is 461 Å². The number of fused-ring (bicyclic) bond motifs is 21. The molecule has 0 amide bonds. The Morgan fingerprint density at radius 2 is 0.304 bits per heavy atom. The molecule has 0 atom stereocenters. The first-order chi connectivity index (χ1) is 73.4. The minimum Gasteiger partial charge on any atom is -0.0683 e. The molecule has 27 rings (SSSR count). The third-order valence-corrected chi connectivity index (χ3v) is 31.1. The van der Waals surface area contributed by atoms with E-state index in [-0.39, 0.29) is 21.7 Å². The van der Waals surface area contributed by atoms with Crippen LogP contribution in [0.5, 0.6) is 0 Å². The largest absolute Gasteiger partial charge is 0.0683 e. The molecular formula is C148H152. The van der Waals surface area contributed by atoms with Crippen LogP contribution in [0.25, 0.3) is 156 Å². The van der Waals surface area contributed by atoms with Crippen LogP contribution in [0.3, 0.4) is 0 Å². The Labute approximate surface area is 888 Å². The van der Waals surface area contributed by atoms with Gasteiger partial charge >= 0.3 is 0 Å². The van der Waals surface area contributed by atoms with E-state index in [1.54, 1.807) is 33.4 Å². The molecule has 3 fully saturated rings. The third kappa shape index (κ3) is 20.5. The summed E-state index contributed by atoms with van der Waals surface area (Å²) in [7, 11) is 0. The summed E-state index contributed by atoms with van der Waals surface area (Å²) in [6.07, 6.45) is 17.4. The summed E-state index contributed by atoms with van der Waals surface area (Å²) in [6, 6.07) is 170. The van der Waals surface area contributed by atoms with E-state index in [4.69, 9.17) is 0 Å². The van der Waals surface area contributed by atoms with Crippen LogP contribution < -0.4 is 0 Å². The molecule has 0 heterocycles. The van der Waals surface area contributed by atoms with Gasteiger partial charge in [-0.3, -0.25) is 0 Å². The summed E-state index contributed by atoms with van der Waals surface area (Å²) in [6.45, 7) is 32.0. The Hall–Kier alpha value is -14.8. The van der Waals surface area contributed by atoms with Crippen LogP contribution in [-0.2, 0) is 34.5 Å². The van der Waals surface area contributed by atoms with E-state index < -0.39 is 0 Å². The van der Waals surface area contributed by atoms with Crippen LogP contribution >= 0.6 is 0 Å². The van der Waals surface area contributed by atoms with Gasteiger partial charge in [0, 0.05) is 21.7 Å². The Balaban J connectivity index is 0.000000136. The van der Waals surface area contributed by atoms with Gasteiger partial charge in [-0.25, -0.2) is 0 Å². The molecule has 4 spiro atoms. The van der Waals surface area contributed by atoms with Crippen molar-refractivity contribution in [3.63, 3.8) is 0 Å². The summed E-state index contributed by atoms with van der Waals surface area (Å²) in [5.41, 5.74) is 53.5. The van der Waals surface area contributed by atoms with Crippen molar-refractivity contribution in [1.29, 1.82) is 0 Å². The quantitative estimate of drug-likeness (QED) is 0.128. The molecule has 0 saturated heterocycles. The molecule has 0 heteroatoms. The number of hydrogen-bond acceptors (Lipinski definition) is 0. The Morgan fingerprint density at radius 3 is 0.554 bits per heavy atom. The average Bonchev–Trinajstić information content (AvgIpc) is 1.53. The molecular weight excluding hydrogens is 1780 g/mol. The van der Waals surface area contributed by atoms with Crippen molar-refractivity contribution in [2.75, 3.05) is 0 Å². The molecule has 0 unspecified atom stereocenters. The zero-order chi connectivity index (χ0) is 104. The number of benzene rings is 19. The molecule has 744 valence electrons. The summed E-state index contributed by atoms with van der Waals surface area (Å²) < 4.78 is 0. The maximum absolute atomic E-state index is 2.49. The Bertz CT molecular complexity index is 7050. The van der Waals surface area contributed by atoms with Gasteiger partial charge in [-0.2, -0.15) is 0 Å². The number of rotatable bonds is 10. The summed E-state index contributed by atoms with van der Waals surface area (Å²) in [4.78, 5) is 0. The number of hydrogen-bond donors (Lipinski definition) is 0. The highest BCUT2D eigenvalue weighted by Gasteiger charge is 2.52. The second-order valence-corrected chi connectivity index (χ2v) is 38.1. The lowest BCUT2D eigenvalue weighted by atomic mass is 9.71. The lowest BCUT2D eigenvalue weighted by Crippen LogP contribution is -2.25. The van der Waals surface area contributed by atoms with Crippen molar-refractivity contribution < 1.29 is 0 Å². The Morgan fingerprint density at radius 1 is 0.122 bits per heavy atom. The van der Waals surface area contributed by atoms with Gasteiger partial charge in [-0.15, -0.1) is 0 Å². The highest BCUT2D eigenvalue weighted by atomic mass is 14.5. The fourth-order valence-electron chi connectivity index (χ4n) is 25.3. The molecule has 0 radical (unpaired) electrons. The molecule has 148 heavy (non-hydrogen) atoms. The first kappa shape index (κ1) is 106. The molecule has 8 aliphatic rings. The van der Waals surface area contributed by atoms with E-state index in [0.29, 0.717) is 0 Å². The topological polar surface area (TPSA) is 0 Å². The van der Waals surface area contributed by atoms with Crippen LogP contribution in [0.4, 0.5) is 0 Å². The van der Waals surface area contributed by atoms with Crippen molar-refractivity contribution in [2.45, 2.75) is 222 Å². The van der Waals surface area contributed by atoms with E-state index in [1.165, 1.54) is 255 Å². The van der Waals surface area contributed by atoms with Gasteiger partial charge < -0.3 is 0 Å². The fourth-order valence-corrected chi connectivity index (χ4v) is 25.3.